The summed E-state index contributed by atoms with van der Waals surface area (Å²) >= 11 is 0. The number of nitrogens with zero attached hydrogens (tertiary/aromatic N) is 3. The number of nitrogens with one attached hydrogen (secondary N) is 2. The lowest BCUT2D eigenvalue weighted by molar-refractivity contribution is -0.127. The Morgan fingerprint density at radius 2 is 2.00 bits per heavy atom. The summed E-state index contributed by atoms with van der Waals surface area (Å²) in [5.74, 6) is 0.774. The molecule has 1 aliphatic rings. The summed E-state index contributed by atoms with van der Waals surface area (Å²) in [6, 6.07) is 11.1. The van der Waals surface area contributed by atoms with Crippen LogP contribution >= 0.6 is 0 Å². The topological polar surface area (TPSA) is 61.7 Å². The summed E-state index contributed by atoms with van der Waals surface area (Å²) in [6.07, 6.45) is 8.03. The lowest BCUT2D eigenvalue weighted by Crippen LogP contribution is -2.43. The summed E-state index contributed by atoms with van der Waals surface area (Å²) in [5, 5.41) is 8.18. The first-order valence-electron chi connectivity index (χ1n) is 9.92. The van der Waals surface area contributed by atoms with E-state index in [2.05, 4.69) is 56.7 Å². The van der Waals surface area contributed by atoms with Gasteiger partial charge in [-0.05, 0) is 36.8 Å². The van der Waals surface area contributed by atoms with E-state index in [0.717, 1.165) is 25.5 Å². The molecule has 6 heteroatoms. The van der Waals surface area contributed by atoms with Crippen LogP contribution in [0.2, 0.25) is 0 Å². The Kier molecular flexibility index (Phi) is 6.74. The molecule has 1 heterocycles. The molecule has 6 nitrogen and oxygen atoms in total. The summed E-state index contributed by atoms with van der Waals surface area (Å²) in [4.78, 5) is 17.9. The number of fused-ring (bicyclic) bond motifs is 1. The van der Waals surface area contributed by atoms with Gasteiger partial charge in [0.25, 0.3) is 0 Å². The van der Waals surface area contributed by atoms with E-state index < -0.39 is 0 Å². The zero-order valence-electron chi connectivity index (χ0n) is 16.4. The molecule has 0 bridgehead atoms. The van der Waals surface area contributed by atoms with Crippen molar-refractivity contribution in [3.05, 3.63) is 36.5 Å². The summed E-state index contributed by atoms with van der Waals surface area (Å²) in [5.41, 5.74) is 1.27. The van der Waals surface area contributed by atoms with E-state index in [0.29, 0.717) is 6.04 Å². The van der Waals surface area contributed by atoms with E-state index in [1.54, 1.807) is 19.0 Å². The van der Waals surface area contributed by atoms with Crippen molar-refractivity contribution in [1.82, 2.24) is 20.1 Å². The number of aliphatic imine (C=N–C) groups is 1. The zero-order valence-corrected chi connectivity index (χ0v) is 16.4. The van der Waals surface area contributed by atoms with Crippen LogP contribution in [-0.2, 0) is 11.3 Å². The van der Waals surface area contributed by atoms with Crippen LogP contribution in [0, 0.1) is 0 Å². The monoisotopic (exact) mass is 369 g/mol. The number of para-hydroxylation sites is 1. The number of hydrogen-bond donors (Lipinski definition) is 2. The maximum Gasteiger partial charge on any atom is 0.243 e. The highest BCUT2D eigenvalue weighted by Gasteiger charge is 2.16. The Morgan fingerprint density at radius 3 is 2.78 bits per heavy atom. The quantitative estimate of drug-likeness (QED) is 0.448. The standard InChI is InChI=1S/C21H31N5O/c1-25(2)20(27)16-23-21(24-18-9-4-5-10-18)22-13-7-14-26-15-12-17-8-3-6-11-19(17)26/h3,6,8,11-12,15,18H,4-5,7,9-10,13-14,16H2,1-2H3,(H2,22,23,24). The number of guanidine groups is 1. The Bertz CT molecular complexity index is 774. The molecule has 0 saturated heterocycles. The molecule has 0 spiro atoms. The van der Waals surface area contributed by atoms with Gasteiger partial charge >= 0.3 is 0 Å². The second-order valence-electron chi connectivity index (χ2n) is 7.43. The fourth-order valence-corrected chi connectivity index (χ4v) is 3.50. The second kappa shape index (κ2) is 9.44. The minimum Gasteiger partial charge on any atom is -0.356 e. The number of likely N-dealkylation sites (N-methyl/N-ethyl adjacent to an activating group) is 1. The van der Waals surface area contributed by atoms with E-state index in [9.17, 15) is 4.79 Å². The molecular formula is C21H31N5O. The molecule has 146 valence electrons. The Morgan fingerprint density at radius 1 is 1.22 bits per heavy atom. The summed E-state index contributed by atoms with van der Waals surface area (Å²) < 4.78 is 2.29. The molecule has 3 rings (SSSR count). The number of carbonyl (C=O) groups excluding carboxylic acids is 1. The third kappa shape index (κ3) is 5.49. The predicted molar refractivity (Wildman–Crippen MR) is 111 cm³/mol. The van der Waals surface area contributed by atoms with Crippen molar-refractivity contribution in [1.29, 1.82) is 0 Å². The van der Waals surface area contributed by atoms with Gasteiger partial charge in [0.15, 0.2) is 5.96 Å². The number of carbonyl (C=O) groups is 1. The molecule has 1 aliphatic carbocycles. The number of rotatable bonds is 7. The number of benzene rings is 1. The molecule has 1 aromatic heterocycles. The number of aryl methyl sites for hydroxylation is 1. The molecule has 2 N–H and O–H groups in total. The number of amides is 1. The van der Waals surface area contributed by atoms with E-state index in [-0.39, 0.29) is 12.5 Å². The minimum atomic E-state index is 0.0151. The second-order valence-corrected chi connectivity index (χ2v) is 7.43. The Balaban J connectivity index is 1.51. The molecule has 0 aliphatic heterocycles. The molecule has 2 aromatic rings. The third-order valence-electron chi connectivity index (χ3n) is 5.12. The number of aromatic nitrogens is 1. The molecule has 0 unspecified atom stereocenters. The SMILES string of the molecule is CN(C)C(=O)CN=C(NCCCn1ccc2ccccc21)NC1CCCC1. The Labute approximate surface area is 161 Å². The van der Waals surface area contributed by atoms with Gasteiger partial charge in [-0.15, -0.1) is 0 Å². The van der Waals surface area contributed by atoms with Crippen molar-refractivity contribution in [2.24, 2.45) is 4.99 Å². The van der Waals surface area contributed by atoms with Gasteiger partial charge in [-0.2, -0.15) is 0 Å². The van der Waals surface area contributed by atoms with Crippen molar-refractivity contribution in [3.63, 3.8) is 0 Å². The summed E-state index contributed by atoms with van der Waals surface area (Å²) in [6.45, 7) is 1.95. The highest BCUT2D eigenvalue weighted by Crippen LogP contribution is 2.17. The fraction of sp³-hybridized carbons (Fsp3) is 0.524. The van der Waals surface area contributed by atoms with Crippen molar-refractivity contribution in [2.75, 3.05) is 27.2 Å². The molecule has 1 fully saturated rings. The van der Waals surface area contributed by atoms with Gasteiger partial charge in [-0.3, -0.25) is 4.79 Å². The molecule has 27 heavy (non-hydrogen) atoms. The van der Waals surface area contributed by atoms with Gasteiger partial charge in [-0.25, -0.2) is 4.99 Å². The predicted octanol–water partition coefficient (Wildman–Crippen LogP) is 2.60. The zero-order chi connectivity index (χ0) is 19.1. The van der Waals surface area contributed by atoms with Gasteiger partial charge < -0.3 is 20.1 Å². The summed E-state index contributed by atoms with van der Waals surface area (Å²) in [7, 11) is 3.52. The average Bonchev–Trinajstić information content (AvgIpc) is 3.32. The molecule has 1 amide bonds. The van der Waals surface area contributed by atoms with E-state index in [1.165, 1.54) is 36.6 Å². The average molecular weight is 370 g/mol. The first-order chi connectivity index (χ1) is 13.1. The van der Waals surface area contributed by atoms with E-state index >= 15 is 0 Å². The molecule has 0 radical (unpaired) electrons. The van der Waals surface area contributed by atoms with Gasteiger partial charge in [0.2, 0.25) is 5.91 Å². The van der Waals surface area contributed by atoms with Crippen LogP contribution < -0.4 is 10.6 Å². The highest BCUT2D eigenvalue weighted by molar-refractivity contribution is 5.85. The minimum absolute atomic E-state index is 0.0151. The smallest absolute Gasteiger partial charge is 0.243 e. The first-order valence-corrected chi connectivity index (χ1v) is 9.92. The fourth-order valence-electron chi connectivity index (χ4n) is 3.50. The third-order valence-corrected chi connectivity index (χ3v) is 5.12. The normalized spacial score (nSPS) is 15.3. The van der Waals surface area contributed by atoms with Gasteiger partial charge in [0.1, 0.15) is 6.54 Å². The van der Waals surface area contributed by atoms with E-state index in [1.807, 2.05) is 0 Å². The van der Waals surface area contributed by atoms with Crippen LogP contribution in [-0.4, -0.2) is 54.6 Å². The van der Waals surface area contributed by atoms with Crippen LogP contribution in [0.3, 0.4) is 0 Å². The lowest BCUT2D eigenvalue weighted by Gasteiger charge is -2.18. The highest BCUT2D eigenvalue weighted by atomic mass is 16.2. The van der Waals surface area contributed by atoms with E-state index in [4.69, 9.17) is 0 Å². The van der Waals surface area contributed by atoms with Crippen LogP contribution in [0.25, 0.3) is 10.9 Å². The van der Waals surface area contributed by atoms with Crippen LogP contribution in [0.4, 0.5) is 0 Å². The molecular weight excluding hydrogens is 338 g/mol. The maximum absolute atomic E-state index is 11.9. The van der Waals surface area contributed by atoms with Crippen molar-refractivity contribution in [2.45, 2.75) is 44.7 Å². The maximum atomic E-state index is 11.9. The van der Waals surface area contributed by atoms with Crippen LogP contribution in [0.5, 0.6) is 0 Å². The molecule has 0 atom stereocenters. The largest absolute Gasteiger partial charge is 0.356 e. The van der Waals surface area contributed by atoms with Gasteiger partial charge in [0, 0.05) is 44.9 Å². The first kappa shape index (κ1) is 19.3. The van der Waals surface area contributed by atoms with Gasteiger partial charge in [-0.1, -0.05) is 31.0 Å². The van der Waals surface area contributed by atoms with Crippen molar-refractivity contribution >= 4 is 22.8 Å². The number of hydrogen-bond acceptors (Lipinski definition) is 2. The van der Waals surface area contributed by atoms with Crippen LogP contribution in [0.1, 0.15) is 32.1 Å². The van der Waals surface area contributed by atoms with Crippen molar-refractivity contribution < 1.29 is 4.79 Å². The van der Waals surface area contributed by atoms with Gasteiger partial charge in [0.05, 0.1) is 0 Å². The Hall–Kier alpha value is -2.50. The lowest BCUT2D eigenvalue weighted by atomic mass is 10.2. The molecule has 1 aromatic carbocycles. The van der Waals surface area contributed by atoms with Crippen LogP contribution in [0.15, 0.2) is 41.5 Å². The molecule has 1 saturated carbocycles. The van der Waals surface area contributed by atoms with Crippen molar-refractivity contribution in [3.8, 4) is 0 Å².